The number of thiazole rings is 1. The van der Waals surface area contributed by atoms with Crippen molar-refractivity contribution in [1.29, 1.82) is 0 Å². The molecule has 1 aromatic carbocycles. The average molecular weight is 309 g/mol. The van der Waals surface area contributed by atoms with E-state index in [9.17, 15) is 4.79 Å². The Bertz CT molecular complexity index is 620. The first-order valence-electron chi connectivity index (χ1n) is 6.44. The Morgan fingerprint density at radius 1 is 1.19 bits per heavy atom. The summed E-state index contributed by atoms with van der Waals surface area (Å²) in [4.78, 5) is 16.2. The van der Waals surface area contributed by atoms with Crippen LogP contribution in [0.5, 0.6) is 11.5 Å². The molecule has 6 nitrogen and oxygen atoms in total. The van der Waals surface area contributed by atoms with E-state index < -0.39 is 0 Å². The molecule has 0 aliphatic heterocycles. The van der Waals surface area contributed by atoms with Gasteiger partial charge in [-0.25, -0.2) is 9.78 Å². The SMILES string of the molecule is COc1cc2nc(NC(=O)NC(C)(C)C)sc2cc1OC. The van der Waals surface area contributed by atoms with Crippen LogP contribution in [0.2, 0.25) is 0 Å². The number of anilines is 1. The molecule has 21 heavy (non-hydrogen) atoms. The van der Waals surface area contributed by atoms with E-state index in [0.717, 1.165) is 10.2 Å². The van der Waals surface area contributed by atoms with Crippen molar-refractivity contribution in [1.82, 2.24) is 10.3 Å². The summed E-state index contributed by atoms with van der Waals surface area (Å²) in [6.45, 7) is 5.75. The van der Waals surface area contributed by atoms with Crippen molar-refractivity contribution in [3.63, 3.8) is 0 Å². The molecule has 0 aliphatic rings. The fourth-order valence-electron chi connectivity index (χ4n) is 1.78. The molecule has 2 rings (SSSR count). The number of rotatable bonds is 3. The van der Waals surface area contributed by atoms with Crippen LogP contribution < -0.4 is 20.1 Å². The predicted molar refractivity (Wildman–Crippen MR) is 84.6 cm³/mol. The second-order valence-corrected chi connectivity index (χ2v) is 6.55. The summed E-state index contributed by atoms with van der Waals surface area (Å²) >= 11 is 1.38. The van der Waals surface area contributed by atoms with Gasteiger partial charge in [-0.05, 0) is 20.8 Å². The number of carbonyl (C=O) groups excluding carboxylic acids is 1. The lowest BCUT2D eigenvalue weighted by Gasteiger charge is -2.19. The lowest BCUT2D eigenvalue weighted by Crippen LogP contribution is -2.43. The zero-order valence-electron chi connectivity index (χ0n) is 12.7. The molecule has 114 valence electrons. The molecule has 0 fully saturated rings. The van der Waals surface area contributed by atoms with Crippen LogP contribution in [0.4, 0.5) is 9.93 Å². The molecule has 0 radical (unpaired) electrons. The minimum atomic E-state index is -0.298. The molecular formula is C14H19N3O3S. The fourth-order valence-corrected chi connectivity index (χ4v) is 2.65. The molecule has 1 heterocycles. The summed E-state index contributed by atoms with van der Waals surface area (Å²) in [7, 11) is 3.16. The molecule has 1 aromatic heterocycles. The number of fused-ring (bicyclic) bond motifs is 1. The van der Waals surface area contributed by atoms with Crippen molar-refractivity contribution < 1.29 is 14.3 Å². The third-order valence-corrected chi connectivity index (χ3v) is 3.54. The van der Waals surface area contributed by atoms with Crippen molar-refractivity contribution >= 4 is 32.7 Å². The number of aromatic nitrogens is 1. The number of benzene rings is 1. The second kappa shape index (κ2) is 5.77. The van der Waals surface area contributed by atoms with Crippen LogP contribution in [0, 0.1) is 0 Å². The zero-order chi connectivity index (χ0) is 15.6. The number of hydrogen-bond acceptors (Lipinski definition) is 5. The van der Waals surface area contributed by atoms with Crippen LogP contribution in [0.15, 0.2) is 12.1 Å². The van der Waals surface area contributed by atoms with Crippen LogP contribution in [-0.2, 0) is 0 Å². The maximum Gasteiger partial charge on any atom is 0.321 e. The Hall–Kier alpha value is -2.02. The Morgan fingerprint density at radius 3 is 2.38 bits per heavy atom. The number of carbonyl (C=O) groups is 1. The monoisotopic (exact) mass is 309 g/mol. The van der Waals surface area contributed by atoms with Crippen LogP contribution in [0.25, 0.3) is 10.2 Å². The van der Waals surface area contributed by atoms with Crippen molar-refractivity contribution in [2.75, 3.05) is 19.5 Å². The van der Waals surface area contributed by atoms with Gasteiger partial charge in [0.1, 0.15) is 0 Å². The molecule has 0 unspecified atom stereocenters. The van der Waals surface area contributed by atoms with E-state index in [4.69, 9.17) is 9.47 Å². The summed E-state index contributed by atoms with van der Waals surface area (Å²) in [6.07, 6.45) is 0. The number of ether oxygens (including phenoxy) is 2. The van der Waals surface area contributed by atoms with E-state index in [0.29, 0.717) is 16.6 Å². The van der Waals surface area contributed by atoms with Crippen LogP contribution in [0.1, 0.15) is 20.8 Å². The number of methoxy groups -OCH3 is 2. The van der Waals surface area contributed by atoms with E-state index in [1.165, 1.54) is 11.3 Å². The highest BCUT2D eigenvalue weighted by Crippen LogP contribution is 2.36. The highest BCUT2D eigenvalue weighted by molar-refractivity contribution is 7.22. The average Bonchev–Trinajstić information content (AvgIpc) is 2.75. The van der Waals surface area contributed by atoms with Gasteiger partial charge in [-0.15, -0.1) is 0 Å². The highest BCUT2D eigenvalue weighted by Gasteiger charge is 2.16. The molecule has 0 aliphatic carbocycles. The third kappa shape index (κ3) is 3.75. The first-order chi connectivity index (χ1) is 9.82. The van der Waals surface area contributed by atoms with Gasteiger partial charge in [-0.3, -0.25) is 5.32 Å². The number of nitrogens with one attached hydrogen (secondary N) is 2. The van der Waals surface area contributed by atoms with Crippen molar-refractivity contribution in [2.24, 2.45) is 0 Å². The summed E-state index contributed by atoms with van der Waals surface area (Å²) in [5.41, 5.74) is 0.455. The number of amides is 2. The zero-order valence-corrected chi connectivity index (χ0v) is 13.6. The lowest BCUT2D eigenvalue weighted by molar-refractivity contribution is 0.244. The first-order valence-corrected chi connectivity index (χ1v) is 7.26. The molecule has 0 spiro atoms. The number of nitrogens with zero attached hydrogens (tertiary/aromatic N) is 1. The largest absolute Gasteiger partial charge is 0.493 e. The van der Waals surface area contributed by atoms with Gasteiger partial charge in [0, 0.05) is 17.7 Å². The molecule has 0 saturated carbocycles. The number of urea groups is 1. The normalized spacial score (nSPS) is 11.3. The van der Waals surface area contributed by atoms with Crippen LogP contribution >= 0.6 is 11.3 Å². The summed E-state index contributed by atoms with van der Waals surface area (Å²) in [6, 6.07) is 3.36. The summed E-state index contributed by atoms with van der Waals surface area (Å²) in [5, 5.41) is 6.09. The predicted octanol–water partition coefficient (Wildman–Crippen LogP) is 3.23. The van der Waals surface area contributed by atoms with E-state index in [1.807, 2.05) is 26.8 Å². The third-order valence-electron chi connectivity index (χ3n) is 2.60. The van der Waals surface area contributed by atoms with Crippen LogP contribution in [-0.4, -0.2) is 30.8 Å². The van der Waals surface area contributed by atoms with E-state index in [2.05, 4.69) is 15.6 Å². The molecule has 0 saturated heterocycles. The van der Waals surface area contributed by atoms with Gasteiger partial charge in [0.15, 0.2) is 16.6 Å². The molecule has 2 amide bonds. The second-order valence-electron chi connectivity index (χ2n) is 5.52. The van der Waals surface area contributed by atoms with Gasteiger partial charge >= 0.3 is 6.03 Å². The van der Waals surface area contributed by atoms with E-state index in [1.54, 1.807) is 20.3 Å². The lowest BCUT2D eigenvalue weighted by atomic mass is 10.1. The van der Waals surface area contributed by atoms with E-state index in [-0.39, 0.29) is 11.6 Å². The molecule has 2 aromatic rings. The Kier molecular flexibility index (Phi) is 4.22. The quantitative estimate of drug-likeness (QED) is 0.913. The van der Waals surface area contributed by atoms with Gasteiger partial charge in [0.25, 0.3) is 0 Å². The molecule has 2 N–H and O–H groups in total. The smallest absolute Gasteiger partial charge is 0.321 e. The minimum absolute atomic E-state index is 0.277. The standard InChI is InChI=1S/C14H19N3O3S/c1-14(2,3)17-12(18)16-13-15-8-6-9(19-4)10(20-5)7-11(8)21-13/h6-7H,1-5H3,(H2,15,16,17,18). The molecule has 0 bridgehead atoms. The Morgan fingerprint density at radius 2 is 1.81 bits per heavy atom. The van der Waals surface area contributed by atoms with Gasteiger partial charge in [-0.2, -0.15) is 0 Å². The molecule has 0 atom stereocenters. The summed E-state index contributed by atoms with van der Waals surface area (Å²) < 4.78 is 11.4. The van der Waals surface area contributed by atoms with Gasteiger partial charge in [0.05, 0.1) is 24.4 Å². The molecular weight excluding hydrogens is 290 g/mol. The minimum Gasteiger partial charge on any atom is -0.493 e. The fraction of sp³-hybridized carbons (Fsp3) is 0.429. The Labute approximate surface area is 127 Å². The highest BCUT2D eigenvalue weighted by atomic mass is 32.1. The summed E-state index contributed by atoms with van der Waals surface area (Å²) in [5.74, 6) is 1.25. The van der Waals surface area contributed by atoms with Gasteiger partial charge in [-0.1, -0.05) is 11.3 Å². The maximum absolute atomic E-state index is 11.8. The maximum atomic E-state index is 11.8. The van der Waals surface area contributed by atoms with E-state index >= 15 is 0 Å². The topological polar surface area (TPSA) is 72.5 Å². The first kappa shape index (κ1) is 15.4. The van der Waals surface area contributed by atoms with Crippen molar-refractivity contribution in [3.8, 4) is 11.5 Å². The number of hydrogen-bond donors (Lipinski definition) is 2. The van der Waals surface area contributed by atoms with Crippen molar-refractivity contribution in [2.45, 2.75) is 26.3 Å². The van der Waals surface area contributed by atoms with Crippen molar-refractivity contribution in [3.05, 3.63) is 12.1 Å². The molecule has 7 heteroatoms. The Balaban J connectivity index is 2.25. The van der Waals surface area contributed by atoms with Crippen LogP contribution in [0.3, 0.4) is 0 Å². The van der Waals surface area contributed by atoms with Gasteiger partial charge in [0.2, 0.25) is 0 Å². The van der Waals surface area contributed by atoms with Gasteiger partial charge < -0.3 is 14.8 Å².